The van der Waals surface area contributed by atoms with Gasteiger partial charge in [0.1, 0.15) is 21.2 Å². The highest BCUT2D eigenvalue weighted by Gasteiger charge is 2.37. The van der Waals surface area contributed by atoms with E-state index in [2.05, 4.69) is 15.5 Å². The van der Waals surface area contributed by atoms with E-state index in [1.807, 2.05) is 0 Å². The zero-order valence-electron chi connectivity index (χ0n) is 22.4. The Morgan fingerprint density at radius 2 is 1.62 bits per heavy atom. The number of hydrogen-bond donors (Lipinski definition) is 1. The van der Waals surface area contributed by atoms with Gasteiger partial charge in [-0.05, 0) is 65.9 Å². The Morgan fingerprint density at radius 1 is 0.950 bits per heavy atom. The number of pyridine rings is 2. The van der Waals surface area contributed by atoms with E-state index in [1.165, 1.54) is 23.9 Å². The normalized spacial score (nSPS) is 12.2. The van der Waals surface area contributed by atoms with Crippen LogP contribution in [0.15, 0.2) is 82.0 Å². The Labute approximate surface area is 233 Å². The van der Waals surface area contributed by atoms with Gasteiger partial charge in [-0.15, -0.1) is 0 Å². The van der Waals surface area contributed by atoms with Crippen LogP contribution in [0.2, 0.25) is 0 Å². The molecule has 0 atom stereocenters. The molecule has 0 saturated carbocycles. The topological polar surface area (TPSA) is 136 Å². The average molecular weight is 583 g/mol. The van der Waals surface area contributed by atoms with Crippen LogP contribution < -0.4 is 10.2 Å². The Morgan fingerprint density at radius 3 is 2.27 bits per heavy atom. The summed E-state index contributed by atoms with van der Waals surface area (Å²) in [5.74, 6) is -0.881. The number of hydrazone groups is 1. The van der Waals surface area contributed by atoms with Crippen molar-refractivity contribution in [2.75, 3.05) is 18.6 Å². The Balaban J connectivity index is 1.95. The first-order valence-corrected chi connectivity index (χ1v) is 15.9. The minimum absolute atomic E-state index is 0.0966. The molecule has 0 unspecified atom stereocenters. The molecule has 0 radical (unpaired) electrons. The van der Waals surface area contributed by atoms with Crippen molar-refractivity contribution < 1.29 is 26.4 Å². The van der Waals surface area contributed by atoms with Crippen molar-refractivity contribution in [2.45, 2.75) is 36.5 Å². The quantitative estimate of drug-likeness (QED) is 0.207. The van der Waals surface area contributed by atoms with Crippen LogP contribution in [0.5, 0.6) is 5.75 Å². The minimum Gasteiger partial charge on any atom is -0.497 e. The molecular weight excluding hydrogens is 552 g/mol. The number of rotatable bonds is 11. The fourth-order valence-electron chi connectivity index (χ4n) is 4.41. The van der Waals surface area contributed by atoms with Crippen LogP contribution >= 0.6 is 0 Å². The van der Waals surface area contributed by atoms with Gasteiger partial charge in [0, 0.05) is 18.6 Å². The molecule has 4 aromatic rings. The van der Waals surface area contributed by atoms with Gasteiger partial charge in [-0.3, -0.25) is 9.78 Å². The molecule has 0 saturated heterocycles. The largest absolute Gasteiger partial charge is 0.497 e. The van der Waals surface area contributed by atoms with Crippen LogP contribution in [0.25, 0.3) is 16.6 Å². The number of aromatic nitrogens is 2. The molecule has 0 aliphatic rings. The van der Waals surface area contributed by atoms with Crippen LogP contribution in [0.3, 0.4) is 0 Å². The molecule has 3 aromatic heterocycles. The van der Waals surface area contributed by atoms with E-state index in [9.17, 15) is 21.6 Å². The first kappa shape index (κ1) is 29.0. The maximum atomic E-state index is 13.6. The number of sulfone groups is 2. The van der Waals surface area contributed by atoms with Crippen LogP contribution in [0.1, 0.15) is 42.7 Å². The molecular formula is C28H30N4O6S2. The third-order valence-corrected chi connectivity index (χ3v) is 10.2. The molecule has 0 spiro atoms. The minimum atomic E-state index is -4.18. The van der Waals surface area contributed by atoms with Crippen LogP contribution in [-0.2, 0) is 19.7 Å². The lowest BCUT2D eigenvalue weighted by Crippen LogP contribution is -2.23. The summed E-state index contributed by atoms with van der Waals surface area (Å²) in [4.78, 5) is 16.7. The van der Waals surface area contributed by atoms with E-state index in [4.69, 9.17) is 4.74 Å². The standard InChI is InChI=1S/C28H30N4O6S2/c1-4-15-39(34,35)26-24-18-22(21-9-12-29-13-10-21)11-14-32(24)25(27(26)40(36,37)16-5-2)28(33)31-30-19-20-7-6-8-23(17-20)38-3/h6-14,17-19H,4-5,15-16H2,1-3H3,(H,31,33)/b30-19-. The summed E-state index contributed by atoms with van der Waals surface area (Å²) in [7, 11) is -6.75. The van der Waals surface area contributed by atoms with Crippen LogP contribution in [0.4, 0.5) is 0 Å². The summed E-state index contributed by atoms with van der Waals surface area (Å²) in [5.41, 5.74) is 4.18. The molecule has 1 aromatic carbocycles. The third kappa shape index (κ3) is 5.92. The number of nitrogens with one attached hydrogen (secondary N) is 1. The second-order valence-electron chi connectivity index (χ2n) is 9.03. The van der Waals surface area contributed by atoms with Gasteiger partial charge in [0.2, 0.25) is 0 Å². The predicted octanol–water partition coefficient (Wildman–Crippen LogP) is 4.14. The zero-order valence-corrected chi connectivity index (χ0v) is 24.0. The summed E-state index contributed by atoms with van der Waals surface area (Å²) in [5, 5.41) is 4.00. The molecule has 0 aliphatic carbocycles. The van der Waals surface area contributed by atoms with Crippen molar-refractivity contribution in [3.8, 4) is 16.9 Å². The second kappa shape index (κ2) is 12.0. The van der Waals surface area contributed by atoms with Crippen molar-refractivity contribution in [3.05, 3.63) is 78.4 Å². The summed E-state index contributed by atoms with van der Waals surface area (Å²) in [6.45, 7) is 3.37. The molecule has 12 heteroatoms. The lowest BCUT2D eigenvalue weighted by molar-refractivity contribution is 0.0945. The lowest BCUT2D eigenvalue weighted by atomic mass is 10.1. The first-order valence-electron chi connectivity index (χ1n) is 12.6. The Kier molecular flexibility index (Phi) is 8.70. The number of ether oxygens (including phenoxy) is 1. The third-order valence-electron chi connectivity index (χ3n) is 6.12. The first-order chi connectivity index (χ1) is 19.1. The number of hydrogen-bond acceptors (Lipinski definition) is 8. The molecule has 10 nitrogen and oxygen atoms in total. The molecule has 1 amide bonds. The molecule has 1 N–H and O–H groups in total. The predicted molar refractivity (Wildman–Crippen MR) is 153 cm³/mol. The van der Waals surface area contributed by atoms with Crippen molar-refractivity contribution in [2.24, 2.45) is 5.10 Å². The van der Waals surface area contributed by atoms with Crippen LogP contribution in [-0.4, -0.2) is 57.0 Å². The zero-order chi connectivity index (χ0) is 28.9. The van der Waals surface area contributed by atoms with Crippen LogP contribution in [0, 0.1) is 0 Å². The Hall–Kier alpha value is -4.03. The van der Waals surface area contributed by atoms with Crippen molar-refractivity contribution in [1.29, 1.82) is 0 Å². The highest BCUT2D eigenvalue weighted by atomic mass is 32.2. The summed E-state index contributed by atoms with van der Waals surface area (Å²) in [6.07, 6.45) is 6.59. The number of amides is 1. The summed E-state index contributed by atoms with van der Waals surface area (Å²) < 4.78 is 60.9. The number of benzene rings is 1. The van der Waals surface area contributed by atoms with Gasteiger partial charge in [0.25, 0.3) is 5.91 Å². The van der Waals surface area contributed by atoms with E-state index in [0.717, 1.165) is 5.56 Å². The number of fused-ring (bicyclic) bond motifs is 1. The molecule has 3 heterocycles. The monoisotopic (exact) mass is 582 g/mol. The van der Waals surface area contributed by atoms with E-state index >= 15 is 0 Å². The van der Waals surface area contributed by atoms with Gasteiger partial charge in [-0.2, -0.15) is 5.10 Å². The molecule has 40 heavy (non-hydrogen) atoms. The maximum Gasteiger partial charge on any atom is 0.289 e. The Bertz CT molecular complexity index is 1780. The van der Waals surface area contributed by atoms with Crippen molar-refractivity contribution in [3.63, 3.8) is 0 Å². The van der Waals surface area contributed by atoms with Gasteiger partial charge in [-0.1, -0.05) is 26.0 Å². The highest BCUT2D eigenvalue weighted by Crippen LogP contribution is 2.36. The van der Waals surface area contributed by atoms with E-state index < -0.39 is 30.5 Å². The number of methoxy groups -OCH3 is 1. The fraction of sp³-hybridized carbons (Fsp3) is 0.250. The van der Waals surface area contributed by atoms with Gasteiger partial charge in [0.05, 0.1) is 30.3 Å². The lowest BCUT2D eigenvalue weighted by Gasteiger charge is -2.08. The molecule has 0 bridgehead atoms. The van der Waals surface area contributed by atoms with Gasteiger partial charge in [-0.25, -0.2) is 22.3 Å². The smallest absolute Gasteiger partial charge is 0.289 e. The number of nitrogens with zero attached hydrogens (tertiary/aromatic N) is 3. The number of carbonyl (C=O) groups excluding carboxylic acids is 1. The van der Waals surface area contributed by atoms with Crippen molar-refractivity contribution >= 4 is 37.3 Å². The summed E-state index contributed by atoms with van der Waals surface area (Å²) in [6, 6.07) is 13.7. The average Bonchev–Trinajstić information content (AvgIpc) is 3.30. The second-order valence-corrected chi connectivity index (χ2v) is 13.1. The van der Waals surface area contributed by atoms with Gasteiger partial charge < -0.3 is 9.14 Å². The van der Waals surface area contributed by atoms with E-state index in [0.29, 0.717) is 16.9 Å². The molecule has 0 aliphatic heterocycles. The van der Waals surface area contributed by atoms with Gasteiger partial charge in [0.15, 0.2) is 19.7 Å². The van der Waals surface area contributed by atoms with Gasteiger partial charge >= 0.3 is 0 Å². The maximum absolute atomic E-state index is 13.6. The molecule has 0 fully saturated rings. The fourth-order valence-corrected chi connectivity index (χ4v) is 8.38. The van der Waals surface area contributed by atoms with E-state index in [-0.39, 0.29) is 40.5 Å². The SMILES string of the molecule is CCCS(=O)(=O)c1c(S(=O)(=O)CCC)c2cc(-c3ccncc3)ccn2c1C(=O)N/N=C\c1cccc(OC)c1. The van der Waals surface area contributed by atoms with Crippen molar-refractivity contribution in [1.82, 2.24) is 14.8 Å². The number of carbonyl (C=O) groups is 1. The molecule has 4 rings (SSSR count). The van der Waals surface area contributed by atoms with E-state index in [1.54, 1.807) is 74.8 Å². The highest BCUT2D eigenvalue weighted by molar-refractivity contribution is 7.94. The summed E-state index contributed by atoms with van der Waals surface area (Å²) >= 11 is 0. The molecule has 210 valence electrons.